The number of hydrogen-bond donors (Lipinski definition) is 1. The standard InChI is InChI=1S/C21H29N7O2/c1-5-15(6-2)18(22-7-3)27-10-12-28(13-11-27)20-23-9-8-16(24-20)14-17-19(29)25-21(30)26(17)4/h5,7-9,14-15,18H,1,6,10-13H2,2-4H3,(H,25,29,30). The largest absolute Gasteiger partial charge is 0.338 e. The molecular weight excluding hydrogens is 382 g/mol. The highest BCUT2D eigenvalue weighted by Gasteiger charge is 2.30. The summed E-state index contributed by atoms with van der Waals surface area (Å²) in [6.07, 6.45) is 8.23. The van der Waals surface area contributed by atoms with Gasteiger partial charge in [0, 0.05) is 45.3 Å². The van der Waals surface area contributed by atoms with E-state index in [1.54, 1.807) is 25.4 Å². The summed E-state index contributed by atoms with van der Waals surface area (Å²) in [7, 11) is 1.55. The molecule has 0 aliphatic carbocycles. The second-order valence-electron chi connectivity index (χ2n) is 7.28. The Morgan fingerprint density at radius 1 is 1.30 bits per heavy atom. The van der Waals surface area contributed by atoms with Gasteiger partial charge in [0.25, 0.3) is 5.91 Å². The van der Waals surface area contributed by atoms with E-state index >= 15 is 0 Å². The molecule has 0 radical (unpaired) electrons. The average Bonchev–Trinajstić information content (AvgIpc) is 3.00. The number of aromatic nitrogens is 2. The topological polar surface area (TPSA) is 94.0 Å². The number of carbonyl (C=O) groups excluding carboxylic acids is 2. The lowest BCUT2D eigenvalue weighted by atomic mass is 10.0. The lowest BCUT2D eigenvalue weighted by Gasteiger charge is -2.39. The summed E-state index contributed by atoms with van der Waals surface area (Å²) in [5.74, 6) is 0.505. The number of hydrogen-bond acceptors (Lipinski definition) is 7. The third kappa shape index (κ3) is 4.56. The fourth-order valence-electron chi connectivity index (χ4n) is 3.72. The predicted octanol–water partition coefficient (Wildman–Crippen LogP) is 1.75. The summed E-state index contributed by atoms with van der Waals surface area (Å²) >= 11 is 0. The van der Waals surface area contributed by atoms with Crippen LogP contribution in [0.3, 0.4) is 0 Å². The number of urea groups is 1. The van der Waals surface area contributed by atoms with Crippen molar-refractivity contribution in [2.24, 2.45) is 10.9 Å². The molecule has 0 saturated carbocycles. The second-order valence-corrected chi connectivity index (χ2v) is 7.28. The zero-order chi connectivity index (χ0) is 21.7. The van der Waals surface area contributed by atoms with Crippen LogP contribution in [0.15, 0.2) is 35.6 Å². The molecule has 0 aromatic carbocycles. The van der Waals surface area contributed by atoms with Crippen molar-refractivity contribution in [1.29, 1.82) is 0 Å². The Labute approximate surface area is 177 Å². The van der Waals surface area contributed by atoms with Crippen LogP contribution in [0.5, 0.6) is 0 Å². The van der Waals surface area contributed by atoms with Gasteiger partial charge in [0.1, 0.15) is 11.9 Å². The van der Waals surface area contributed by atoms with Crippen LogP contribution in [0.4, 0.5) is 10.7 Å². The molecule has 3 heterocycles. The lowest BCUT2D eigenvalue weighted by molar-refractivity contribution is -0.115. The van der Waals surface area contributed by atoms with E-state index in [1.165, 1.54) is 4.90 Å². The average molecular weight is 412 g/mol. The minimum absolute atomic E-state index is 0.102. The molecule has 2 fully saturated rings. The summed E-state index contributed by atoms with van der Waals surface area (Å²) in [4.78, 5) is 43.0. The molecule has 30 heavy (non-hydrogen) atoms. The highest BCUT2D eigenvalue weighted by molar-refractivity contribution is 6.13. The molecule has 2 aliphatic rings. The minimum Gasteiger partial charge on any atom is -0.338 e. The van der Waals surface area contributed by atoms with Gasteiger partial charge in [-0.1, -0.05) is 13.0 Å². The molecule has 1 aromatic rings. The van der Waals surface area contributed by atoms with Crippen LogP contribution < -0.4 is 10.2 Å². The molecule has 3 amide bonds. The quantitative estimate of drug-likeness (QED) is 0.318. The maximum atomic E-state index is 11.9. The van der Waals surface area contributed by atoms with Crippen LogP contribution in [-0.4, -0.2) is 77.3 Å². The number of rotatable bonds is 7. The molecule has 3 rings (SSSR count). The molecule has 1 aromatic heterocycles. The van der Waals surface area contributed by atoms with Gasteiger partial charge >= 0.3 is 6.03 Å². The van der Waals surface area contributed by atoms with Crippen molar-refractivity contribution in [2.75, 3.05) is 38.1 Å². The molecule has 160 valence electrons. The number of aliphatic imine (C=N–C) groups is 1. The van der Waals surface area contributed by atoms with E-state index in [9.17, 15) is 9.59 Å². The lowest BCUT2D eigenvalue weighted by Crippen LogP contribution is -2.52. The van der Waals surface area contributed by atoms with Crippen LogP contribution in [-0.2, 0) is 4.79 Å². The molecule has 2 aliphatic heterocycles. The Morgan fingerprint density at radius 2 is 2.03 bits per heavy atom. The Morgan fingerprint density at radius 3 is 2.60 bits per heavy atom. The maximum absolute atomic E-state index is 11.9. The van der Waals surface area contributed by atoms with Crippen LogP contribution >= 0.6 is 0 Å². The zero-order valence-electron chi connectivity index (χ0n) is 17.8. The summed E-state index contributed by atoms with van der Waals surface area (Å²) < 4.78 is 0. The number of amides is 3. The van der Waals surface area contributed by atoms with Gasteiger partial charge < -0.3 is 4.90 Å². The van der Waals surface area contributed by atoms with E-state index < -0.39 is 11.9 Å². The SMILES string of the molecule is C=CC(CC)C(N=CC)N1CCN(c2nccc(C=C3C(=O)NC(=O)N3C)n2)CC1. The molecule has 1 N–H and O–H groups in total. The smallest absolute Gasteiger partial charge is 0.328 e. The summed E-state index contributed by atoms with van der Waals surface area (Å²) in [5, 5.41) is 2.26. The van der Waals surface area contributed by atoms with Crippen LogP contribution in [0, 0.1) is 5.92 Å². The summed E-state index contributed by atoms with van der Waals surface area (Å²) in [6, 6.07) is 1.28. The van der Waals surface area contributed by atoms with E-state index in [-0.39, 0.29) is 11.9 Å². The van der Waals surface area contributed by atoms with Crippen LogP contribution in [0.25, 0.3) is 6.08 Å². The van der Waals surface area contributed by atoms with Gasteiger partial charge in [-0.15, -0.1) is 6.58 Å². The van der Waals surface area contributed by atoms with E-state index in [0.29, 0.717) is 17.6 Å². The summed E-state index contributed by atoms with van der Waals surface area (Å²) in [6.45, 7) is 11.3. The predicted molar refractivity (Wildman–Crippen MR) is 117 cm³/mol. The fraction of sp³-hybridized carbons (Fsp3) is 0.476. The monoisotopic (exact) mass is 411 g/mol. The van der Waals surface area contributed by atoms with Crippen molar-refractivity contribution in [1.82, 2.24) is 25.1 Å². The second kappa shape index (κ2) is 9.62. The van der Waals surface area contributed by atoms with Crippen molar-refractivity contribution in [3.8, 4) is 0 Å². The number of piperazine rings is 1. The number of carbonyl (C=O) groups is 2. The molecule has 0 bridgehead atoms. The molecule has 2 atom stereocenters. The highest BCUT2D eigenvalue weighted by atomic mass is 16.2. The van der Waals surface area contributed by atoms with Gasteiger partial charge in [0.05, 0.1) is 5.69 Å². The van der Waals surface area contributed by atoms with E-state index in [4.69, 9.17) is 0 Å². The Kier molecular flexibility index (Phi) is 6.94. The first kappa shape index (κ1) is 21.6. The number of anilines is 1. The van der Waals surface area contributed by atoms with E-state index in [1.807, 2.05) is 19.2 Å². The highest BCUT2D eigenvalue weighted by Crippen LogP contribution is 2.21. The number of likely N-dealkylation sites (N-methyl/N-ethyl adjacent to an activating group) is 1. The third-order valence-electron chi connectivity index (χ3n) is 5.50. The van der Waals surface area contributed by atoms with Crippen molar-refractivity contribution in [3.63, 3.8) is 0 Å². The molecule has 0 spiro atoms. The van der Waals surface area contributed by atoms with Gasteiger partial charge in [0.2, 0.25) is 5.95 Å². The number of nitrogens with one attached hydrogen (secondary N) is 1. The Balaban J connectivity index is 1.71. The van der Waals surface area contributed by atoms with Gasteiger partial charge in [-0.2, -0.15) is 0 Å². The van der Waals surface area contributed by atoms with Crippen LogP contribution in [0.2, 0.25) is 0 Å². The molecule has 2 saturated heterocycles. The van der Waals surface area contributed by atoms with E-state index in [2.05, 4.69) is 43.6 Å². The van der Waals surface area contributed by atoms with Crippen molar-refractivity contribution in [2.45, 2.75) is 26.4 Å². The molecule has 9 nitrogen and oxygen atoms in total. The first-order valence-electron chi connectivity index (χ1n) is 10.2. The fourth-order valence-corrected chi connectivity index (χ4v) is 3.72. The maximum Gasteiger partial charge on any atom is 0.328 e. The van der Waals surface area contributed by atoms with Crippen molar-refractivity contribution >= 4 is 30.2 Å². The Bertz CT molecular complexity index is 859. The molecule has 9 heteroatoms. The first-order chi connectivity index (χ1) is 14.5. The summed E-state index contributed by atoms with van der Waals surface area (Å²) in [5.41, 5.74) is 0.852. The first-order valence-corrected chi connectivity index (χ1v) is 10.2. The minimum atomic E-state index is -0.439. The van der Waals surface area contributed by atoms with Gasteiger partial charge in [-0.3, -0.25) is 24.9 Å². The van der Waals surface area contributed by atoms with Gasteiger partial charge in [-0.25, -0.2) is 14.8 Å². The Hall–Kier alpha value is -3.07. The van der Waals surface area contributed by atoms with Crippen LogP contribution in [0.1, 0.15) is 26.0 Å². The number of nitrogens with zero attached hydrogens (tertiary/aromatic N) is 6. The third-order valence-corrected chi connectivity index (χ3v) is 5.50. The zero-order valence-corrected chi connectivity index (χ0v) is 17.8. The number of imide groups is 1. The van der Waals surface area contributed by atoms with Gasteiger partial charge in [-0.05, 0) is 31.7 Å². The van der Waals surface area contributed by atoms with E-state index in [0.717, 1.165) is 32.6 Å². The van der Waals surface area contributed by atoms with Crippen molar-refractivity contribution < 1.29 is 9.59 Å². The van der Waals surface area contributed by atoms with Gasteiger partial charge in [0.15, 0.2) is 0 Å². The molecule has 2 unspecified atom stereocenters. The normalized spacial score (nSPS) is 21.4. The van der Waals surface area contributed by atoms with Crippen molar-refractivity contribution in [3.05, 3.63) is 36.3 Å². The molecular formula is C21H29N7O2.